The van der Waals surface area contributed by atoms with E-state index in [1.165, 1.54) is 31.2 Å². The van der Waals surface area contributed by atoms with Crippen molar-refractivity contribution in [1.82, 2.24) is 0 Å². The molecule has 0 aliphatic rings. The van der Waals surface area contributed by atoms with Crippen LogP contribution in [0, 0.1) is 24.4 Å². The Labute approximate surface area is 103 Å². The summed E-state index contributed by atoms with van der Waals surface area (Å²) in [6.07, 6.45) is 0. The zero-order valence-electron chi connectivity index (χ0n) is 9.75. The van der Waals surface area contributed by atoms with Crippen LogP contribution in [0.15, 0.2) is 36.4 Å². The molecule has 0 amide bonds. The molecule has 1 nitrogen and oxygen atoms in total. The minimum atomic E-state index is -1.16. The maximum Gasteiger partial charge on any atom is 0.134 e. The van der Waals surface area contributed by atoms with Gasteiger partial charge >= 0.3 is 0 Å². The summed E-state index contributed by atoms with van der Waals surface area (Å²) >= 11 is 0. The van der Waals surface area contributed by atoms with E-state index in [1.807, 2.05) is 0 Å². The average Bonchev–Trinajstić information content (AvgIpc) is 2.35. The smallest absolute Gasteiger partial charge is 0.134 e. The zero-order chi connectivity index (χ0) is 13.3. The van der Waals surface area contributed by atoms with Crippen molar-refractivity contribution in [3.05, 3.63) is 70.5 Å². The summed E-state index contributed by atoms with van der Waals surface area (Å²) in [6, 6.07) is 6.99. The maximum atomic E-state index is 13.9. The van der Waals surface area contributed by atoms with Crippen molar-refractivity contribution < 1.29 is 13.2 Å². The lowest BCUT2D eigenvalue weighted by atomic mass is 9.96. The summed E-state index contributed by atoms with van der Waals surface area (Å²) in [5, 5.41) is 0. The highest BCUT2D eigenvalue weighted by molar-refractivity contribution is 5.36. The predicted molar refractivity (Wildman–Crippen MR) is 63.5 cm³/mol. The predicted octanol–water partition coefficient (Wildman–Crippen LogP) is 3.46. The van der Waals surface area contributed by atoms with Crippen LogP contribution in [0.3, 0.4) is 0 Å². The second-order valence-corrected chi connectivity index (χ2v) is 4.09. The third kappa shape index (κ3) is 2.11. The van der Waals surface area contributed by atoms with Gasteiger partial charge in [0.25, 0.3) is 0 Å². The SMILES string of the molecule is Cc1ccc(F)c(C(N)c2ccccc2F)c1F. The monoisotopic (exact) mass is 251 g/mol. The van der Waals surface area contributed by atoms with Crippen molar-refractivity contribution in [3.63, 3.8) is 0 Å². The summed E-state index contributed by atoms with van der Waals surface area (Å²) in [4.78, 5) is 0. The van der Waals surface area contributed by atoms with Crippen molar-refractivity contribution in [2.24, 2.45) is 5.73 Å². The number of halogens is 3. The van der Waals surface area contributed by atoms with E-state index in [2.05, 4.69) is 0 Å². The van der Waals surface area contributed by atoms with Crippen molar-refractivity contribution in [2.45, 2.75) is 13.0 Å². The van der Waals surface area contributed by atoms with Gasteiger partial charge in [-0.05, 0) is 24.6 Å². The number of benzene rings is 2. The van der Waals surface area contributed by atoms with Gasteiger partial charge in [0.05, 0.1) is 6.04 Å². The molecular formula is C14H12F3N. The van der Waals surface area contributed by atoms with Gasteiger partial charge in [0.15, 0.2) is 0 Å². The molecule has 1 atom stereocenters. The number of hydrogen-bond donors (Lipinski definition) is 1. The fourth-order valence-electron chi connectivity index (χ4n) is 1.85. The molecule has 0 heterocycles. The highest BCUT2D eigenvalue weighted by Gasteiger charge is 2.21. The van der Waals surface area contributed by atoms with Gasteiger partial charge in [-0.3, -0.25) is 0 Å². The van der Waals surface area contributed by atoms with E-state index in [0.717, 1.165) is 6.07 Å². The van der Waals surface area contributed by atoms with Crippen LogP contribution >= 0.6 is 0 Å². The molecule has 2 aromatic rings. The summed E-state index contributed by atoms with van der Waals surface area (Å²) in [5.74, 6) is -2.08. The summed E-state index contributed by atoms with van der Waals surface area (Å²) in [6.45, 7) is 1.51. The van der Waals surface area contributed by atoms with Gasteiger partial charge in [-0.25, -0.2) is 13.2 Å². The van der Waals surface area contributed by atoms with Crippen molar-refractivity contribution in [1.29, 1.82) is 0 Å². The van der Waals surface area contributed by atoms with E-state index in [4.69, 9.17) is 5.73 Å². The Hall–Kier alpha value is -1.81. The fourth-order valence-corrected chi connectivity index (χ4v) is 1.85. The standard InChI is InChI=1S/C14H12F3N/c1-8-6-7-11(16)12(13(8)17)14(18)9-4-2-3-5-10(9)15/h2-7,14H,18H2,1H3. The number of hydrogen-bond acceptors (Lipinski definition) is 1. The normalized spacial score (nSPS) is 12.5. The van der Waals surface area contributed by atoms with Crippen LogP contribution < -0.4 is 5.73 Å². The highest BCUT2D eigenvalue weighted by Crippen LogP contribution is 2.27. The first kappa shape index (κ1) is 12.6. The van der Waals surface area contributed by atoms with E-state index in [-0.39, 0.29) is 16.7 Å². The van der Waals surface area contributed by atoms with E-state index in [9.17, 15) is 13.2 Å². The first-order valence-electron chi connectivity index (χ1n) is 5.47. The van der Waals surface area contributed by atoms with Crippen LogP contribution in [-0.2, 0) is 0 Å². The molecule has 94 valence electrons. The summed E-state index contributed by atoms with van der Waals surface area (Å²) in [5.41, 5.74) is 5.81. The fraction of sp³-hybridized carbons (Fsp3) is 0.143. The third-order valence-electron chi connectivity index (χ3n) is 2.87. The molecule has 0 aliphatic heterocycles. The van der Waals surface area contributed by atoms with Gasteiger partial charge < -0.3 is 5.73 Å². The molecule has 18 heavy (non-hydrogen) atoms. The molecule has 0 bridgehead atoms. The molecule has 2 N–H and O–H groups in total. The van der Waals surface area contributed by atoms with Gasteiger partial charge in [0.2, 0.25) is 0 Å². The number of aryl methyl sites for hydroxylation is 1. The molecule has 0 radical (unpaired) electrons. The number of nitrogens with two attached hydrogens (primary N) is 1. The number of rotatable bonds is 2. The summed E-state index contributed by atoms with van der Waals surface area (Å²) in [7, 11) is 0. The average molecular weight is 251 g/mol. The first-order valence-corrected chi connectivity index (χ1v) is 5.47. The Morgan fingerprint density at radius 1 is 0.944 bits per heavy atom. The van der Waals surface area contributed by atoms with E-state index < -0.39 is 23.5 Å². The maximum absolute atomic E-state index is 13.9. The highest BCUT2D eigenvalue weighted by atomic mass is 19.1. The minimum Gasteiger partial charge on any atom is -0.320 e. The molecule has 0 aliphatic carbocycles. The van der Waals surface area contributed by atoms with Crippen LogP contribution in [0.25, 0.3) is 0 Å². The van der Waals surface area contributed by atoms with Crippen LogP contribution in [0.5, 0.6) is 0 Å². The molecule has 0 saturated carbocycles. The van der Waals surface area contributed by atoms with E-state index in [0.29, 0.717) is 0 Å². The van der Waals surface area contributed by atoms with E-state index >= 15 is 0 Å². The Balaban J connectivity index is 2.56. The minimum absolute atomic E-state index is 0.0703. The van der Waals surface area contributed by atoms with Crippen molar-refractivity contribution in [2.75, 3.05) is 0 Å². The van der Waals surface area contributed by atoms with Gasteiger partial charge in [-0.2, -0.15) is 0 Å². The Morgan fingerprint density at radius 3 is 2.28 bits per heavy atom. The Kier molecular flexibility index (Phi) is 3.39. The van der Waals surface area contributed by atoms with Gasteiger partial charge in [-0.1, -0.05) is 24.3 Å². The summed E-state index contributed by atoms with van der Waals surface area (Å²) < 4.78 is 41.1. The molecule has 0 aromatic heterocycles. The molecule has 1 unspecified atom stereocenters. The van der Waals surface area contributed by atoms with Crippen molar-refractivity contribution >= 4 is 0 Å². The molecule has 0 fully saturated rings. The van der Waals surface area contributed by atoms with Crippen LogP contribution in [0.1, 0.15) is 22.7 Å². The topological polar surface area (TPSA) is 26.0 Å². The molecule has 4 heteroatoms. The van der Waals surface area contributed by atoms with Gasteiger partial charge in [0, 0.05) is 11.1 Å². The molecule has 2 aromatic carbocycles. The van der Waals surface area contributed by atoms with Gasteiger partial charge in [0.1, 0.15) is 17.5 Å². The van der Waals surface area contributed by atoms with E-state index in [1.54, 1.807) is 6.07 Å². The quantitative estimate of drug-likeness (QED) is 0.869. The zero-order valence-corrected chi connectivity index (χ0v) is 9.75. The lowest BCUT2D eigenvalue weighted by Gasteiger charge is -2.16. The Bertz CT molecular complexity index is 581. The van der Waals surface area contributed by atoms with Crippen LogP contribution in [0.4, 0.5) is 13.2 Å². The molecule has 0 saturated heterocycles. The first-order chi connectivity index (χ1) is 8.52. The second kappa shape index (κ2) is 4.82. The van der Waals surface area contributed by atoms with Gasteiger partial charge in [-0.15, -0.1) is 0 Å². The lowest BCUT2D eigenvalue weighted by molar-refractivity contribution is 0.528. The van der Waals surface area contributed by atoms with Crippen LogP contribution in [-0.4, -0.2) is 0 Å². The molecule has 0 spiro atoms. The Morgan fingerprint density at radius 2 is 1.61 bits per heavy atom. The third-order valence-corrected chi connectivity index (χ3v) is 2.87. The lowest BCUT2D eigenvalue weighted by Crippen LogP contribution is -2.17. The largest absolute Gasteiger partial charge is 0.320 e. The molecular weight excluding hydrogens is 239 g/mol. The molecule has 2 rings (SSSR count). The second-order valence-electron chi connectivity index (χ2n) is 4.09. The van der Waals surface area contributed by atoms with Crippen LogP contribution in [0.2, 0.25) is 0 Å². The van der Waals surface area contributed by atoms with Crippen molar-refractivity contribution in [3.8, 4) is 0 Å².